The summed E-state index contributed by atoms with van der Waals surface area (Å²) >= 11 is 6.05. The zero-order valence-electron chi connectivity index (χ0n) is 11.0. The van der Waals surface area contributed by atoms with Crippen LogP contribution in [0.15, 0.2) is 42.5 Å². The normalized spacial score (nSPS) is 12.4. The molecule has 1 unspecified atom stereocenters. The Balaban J connectivity index is 2.13. The first-order valence-electron chi connectivity index (χ1n) is 6.47. The van der Waals surface area contributed by atoms with Crippen LogP contribution in [0.2, 0.25) is 5.02 Å². The zero-order valence-corrected chi connectivity index (χ0v) is 11.7. The Bertz CT molecular complexity index is 586. The number of benzene rings is 2. The van der Waals surface area contributed by atoms with Crippen molar-refractivity contribution >= 4 is 11.6 Å². The highest BCUT2D eigenvalue weighted by molar-refractivity contribution is 6.31. The Labute approximate surface area is 122 Å². The number of halogens is 3. The van der Waals surface area contributed by atoms with Crippen molar-refractivity contribution in [2.75, 3.05) is 6.54 Å². The van der Waals surface area contributed by atoms with Crippen molar-refractivity contribution in [3.8, 4) is 0 Å². The molecule has 2 N–H and O–H groups in total. The van der Waals surface area contributed by atoms with Crippen LogP contribution in [0.1, 0.15) is 11.1 Å². The fraction of sp³-hybridized carbons (Fsp3) is 0.250. The maximum atomic E-state index is 13.6. The van der Waals surface area contributed by atoms with Crippen LogP contribution in [0.3, 0.4) is 0 Å². The standard InChI is InChI=1S/C16H16ClF2N/c17-15-6-5-14(18)9-13(15)8-11(10-20)7-12-3-1-2-4-16(12)19/h1-6,9,11H,7-8,10,20H2. The predicted molar refractivity (Wildman–Crippen MR) is 77.8 cm³/mol. The maximum absolute atomic E-state index is 13.6. The molecule has 1 nitrogen and oxygen atoms in total. The van der Waals surface area contributed by atoms with E-state index in [-0.39, 0.29) is 17.6 Å². The Morgan fingerprint density at radius 3 is 2.40 bits per heavy atom. The molecule has 4 heteroatoms. The van der Waals surface area contributed by atoms with Crippen molar-refractivity contribution in [1.29, 1.82) is 0 Å². The van der Waals surface area contributed by atoms with Gasteiger partial charge in [0.2, 0.25) is 0 Å². The fourth-order valence-electron chi connectivity index (χ4n) is 2.22. The van der Waals surface area contributed by atoms with Crippen molar-refractivity contribution in [1.82, 2.24) is 0 Å². The number of nitrogens with two attached hydrogens (primary N) is 1. The van der Waals surface area contributed by atoms with Gasteiger partial charge in [0.15, 0.2) is 0 Å². The van der Waals surface area contributed by atoms with Gasteiger partial charge in [0.25, 0.3) is 0 Å². The van der Waals surface area contributed by atoms with E-state index in [1.54, 1.807) is 18.2 Å². The summed E-state index contributed by atoms with van der Waals surface area (Å²) in [5.41, 5.74) is 7.08. The number of hydrogen-bond acceptors (Lipinski definition) is 1. The molecule has 1 atom stereocenters. The van der Waals surface area contributed by atoms with Gasteiger partial charge in [-0.1, -0.05) is 29.8 Å². The second kappa shape index (κ2) is 6.82. The van der Waals surface area contributed by atoms with Crippen LogP contribution in [0, 0.1) is 17.6 Å². The maximum Gasteiger partial charge on any atom is 0.126 e. The molecule has 0 radical (unpaired) electrons. The van der Waals surface area contributed by atoms with E-state index in [1.165, 1.54) is 24.3 Å². The molecule has 0 bridgehead atoms. The quantitative estimate of drug-likeness (QED) is 0.887. The first kappa shape index (κ1) is 14.9. The number of rotatable bonds is 5. The summed E-state index contributed by atoms with van der Waals surface area (Å²) < 4.78 is 26.9. The highest BCUT2D eigenvalue weighted by Gasteiger charge is 2.14. The van der Waals surface area contributed by atoms with Crippen LogP contribution in [0.25, 0.3) is 0 Å². The first-order chi connectivity index (χ1) is 9.60. The smallest absolute Gasteiger partial charge is 0.126 e. The summed E-state index contributed by atoms with van der Waals surface area (Å²) in [6.45, 7) is 0.390. The lowest BCUT2D eigenvalue weighted by atomic mass is 9.92. The fourth-order valence-corrected chi connectivity index (χ4v) is 2.42. The second-order valence-electron chi connectivity index (χ2n) is 4.84. The van der Waals surface area contributed by atoms with Gasteiger partial charge in [-0.3, -0.25) is 0 Å². The minimum atomic E-state index is -0.328. The SMILES string of the molecule is NCC(Cc1ccccc1F)Cc1cc(F)ccc1Cl. The second-order valence-corrected chi connectivity index (χ2v) is 5.24. The van der Waals surface area contributed by atoms with Crippen LogP contribution in [0.4, 0.5) is 8.78 Å². The predicted octanol–water partition coefficient (Wildman–Crippen LogP) is 3.98. The van der Waals surface area contributed by atoms with Crippen molar-refractivity contribution in [2.24, 2.45) is 11.7 Å². The van der Waals surface area contributed by atoms with Crippen LogP contribution in [-0.2, 0) is 12.8 Å². The highest BCUT2D eigenvalue weighted by Crippen LogP contribution is 2.22. The third-order valence-corrected chi connectivity index (χ3v) is 3.68. The lowest BCUT2D eigenvalue weighted by Crippen LogP contribution is -2.20. The zero-order chi connectivity index (χ0) is 14.5. The third kappa shape index (κ3) is 3.78. The van der Waals surface area contributed by atoms with E-state index in [1.807, 2.05) is 0 Å². The van der Waals surface area contributed by atoms with Crippen LogP contribution in [-0.4, -0.2) is 6.54 Å². The average molecular weight is 296 g/mol. The lowest BCUT2D eigenvalue weighted by Gasteiger charge is -2.16. The van der Waals surface area contributed by atoms with Crippen molar-refractivity contribution in [2.45, 2.75) is 12.8 Å². The van der Waals surface area contributed by atoms with Crippen LogP contribution < -0.4 is 5.73 Å². The molecular weight excluding hydrogens is 280 g/mol. The van der Waals surface area contributed by atoms with E-state index >= 15 is 0 Å². The van der Waals surface area contributed by atoms with E-state index in [0.717, 1.165) is 0 Å². The molecule has 0 saturated heterocycles. The van der Waals surface area contributed by atoms with Gasteiger partial charge in [-0.15, -0.1) is 0 Å². The molecule has 0 aliphatic heterocycles. The van der Waals surface area contributed by atoms with E-state index in [9.17, 15) is 8.78 Å². The summed E-state index contributed by atoms with van der Waals surface area (Å²) in [6, 6.07) is 10.9. The Morgan fingerprint density at radius 1 is 1.00 bits per heavy atom. The highest BCUT2D eigenvalue weighted by atomic mass is 35.5. The Hall–Kier alpha value is -1.45. The molecule has 106 valence electrons. The monoisotopic (exact) mass is 295 g/mol. The molecule has 0 amide bonds. The molecule has 0 heterocycles. The minimum Gasteiger partial charge on any atom is -0.330 e. The summed E-state index contributed by atoms with van der Waals surface area (Å²) in [5.74, 6) is -0.548. The third-order valence-electron chi connectivity index (χ3n) is 3.32. The van der Waals surface area contributed by atoms with E-state index < -0.39 is 0 Å². The van der Waals surface area contributed by atoms with Gasteiger partial charge in [-0.2, -0.15) is 0 Å². The summed E-state index contributed by atoms with van der Waals surface area (Å²) in [7, 11) is 0. The van der Waals surface area contributed by atoms with E-state index in [4.69, 9.17) is 17.3 Å². The van der Waals surface area contributed by atoms with Gasteiger partial charge in [0, 0.05) is 5.02 Å². The molecule has 20 heavy (non-hydrogen) atoms. The molecule has 0 spiro atoms. The van der Waals surface area contributed by atoms with Crippen molar-refractivity contribution in [3.63, 3.8) is 0 Å². The van der Waals surface area contributed by atoms with Crippen molar-refractivity contribution < 1.29 is 8.78 Å². The molecule has 0 aliphatic rings. The van der Waals surface area contributed by atoms with Crippen LogP contribution in [0.5, 0.6) is 0 Å². The Kier molecular flexibility index (Phi) is 5.10. The van der Waals surface area contributed by atoms with Gasteiger partial charge in [0.05, 0.1) is 0 Å². The molecular formula is C16H16ClF2N. The lowest BCUT2D eigenvalue weighted by molar-refractivity contribution is 0.510. The van der Waals surface area contributed by atoms with Crippen molar-refractivity contribution in [3.05, 3.63) is 70.2 Å². The minimum absolute atomic E-state index is 0.0196. The van der Waals surface area contributed by atoms with Gasteiger partial charge in [0.1, 0.15) is 11.6 Å². The topological polar surface area (TPSA) is 26.0 Å². The summed E-state index contributed by atoms with van der Waals surface area (Å²) in [6.07, 6.45) is 1.04. The molecule has 0 fully saturated rings. The number of hydrogen-bond donors (Lipinski definition) is 1. The van der Waals surface area contributed by atoms with E-state index in [2.05, 4.69) is 0 Å². The average Bonchev–Trinajstić information content (AvgIpc) is 2.44. The van der Waals surface area contributed by atoms with Gasteiger partial charge in [-0.25, -0.2) is 8.78 Å². The molecule has 0 aliphatic carbocycles. The summed E-state index contributed by atoms with van der Waals surface area (Å²) in [5, 5.41) is 0.512. The summed E-state index contributed by atoms with van der Waals surface area (Å²) in [4.78, 5) is 0. The van der Waals surface area contributed by atoms with E-state index in [0.29, 0.717) is 35.5 Å². The molecule has 2 rings (SSSR count). The largest absolute Gasteiger partial charge is 0.330 e. The van der Waals surface area contributed by atoms with Gasteiger partial charge >= 0.3 is 0 Å². The molecule has 2 aromatic carbocycles. The molecule has 0 saturated carbocycles. The van der Waals surface area contributed by atoms with Crippen LogP contribution >= 0.6 is 11.6 Å². The first-order valence-corrected chi connectivity index (χ1v) is 6.85. The van der Waals surface area contributed by atoms with Gasteiger partial charge in [-0.05, 0) is 60.7 Å². The molecule has 2 aromatic rings. The van der Waals surface area contributed by atoms with Gasteiger partial charge < -0.3 is 5.73 Å². The molecule has 0 aromatic heterocycles. The Morgan fingerprint density at radius 2 is 1.70 bits per heavy atom.